The summed E-state index contributed by atoms with van der Waals surface area (Å²) in [6.07, 6.45) is 11.7. The van der Waals surface area contributed by atoms with Gasteiger partial charge in [-0.05, 0) is 100 Å². The number of halogens is 1. The average molecular weight is 1800 g/mol. The smallest absolute Gasteiger partial charge is 0.280 e. The van der Waals surface area contributed by atoms with Crippen LogP contribution in [0.25, 0.3) is 128 Å². The van der Waals surface area contributed by atoms with Crippen molar-refractivity contribution in [2.24, 2.45) is 0 Å². The van der Waals surface area contributed by atoms with Gasteiger partial charge in [0.05, 0.1) is 57.3 Å². The lowest BCUT2D eigenvalue weighted by atomic mass is 9.92. The second-order valence-electron chi connectivity index (χ2n) is 34.4. The number of fused-ring (bicyclic) bond motifs is 6. The van der Waals surface area contributed by atoms with Gasteiger partial charge in [0.25, 0.3) is 11.8 Å². The van der Waals surface area contributed by atoms with Crippen LogP contribution < -0.4 is 21.1 Å². The molecule has 12 heterocycles. The number of H-pyrrole nitrogens is 1. The summed E-state index contributed by atoms with van der Waals surface area (Å²) in [6.45, 7) is 16.4. The van der Waals surface area contributed by atoms with Gasteiger partial charge in [0.2, 0.25) is 5.88 Å². The number of methoxy groups -OCH3 is 1. The molecule has 0 aliphatic carbocycles. The molecule has 0 bridgehead atoms. The minimum absolute atomic E-state index is 0.188. The molecule has 27 heteroatoms. The number of nitrogens with zero attached hydrogens (tertiary/aromatic N) is 15. The summed E-state index contributed by atoms with van der Waals surface area (Å²) in [5.41, 5.74) is 27.4. The molecule has 0 saturated carbocycles. The standard InChI is InChI=1S/C37H36N6O2Si.C31H22N6O.C28H19ClN4O.C9H19N3OSi/c1-46(2,3)22-21-45-25-42-20-18-33(40-42)39-31-24-32-35(26-11-6-4-7-12-26)36(27-13-8-5-9-14-27)41-43(32)37(44)34(31)29-16-17-30-28(23-29)15-10-19-38-30;38-31-28(23-13-14-24-22(18-23)12-7-16-32-24)25(34-27-15-17-33-35-27)19-26-29(20-8-3-1-4-9-20)30(36-37(26)31)21-10-5-2-6-11-21;1-34-28-24(21-14-15-22-20(17-21)13-8-16-30-22)26(29)31-27-23(18-9-4-2-5-10-18)25(32-33(27)28)19-11-6-3-7-12-19;1-14(2,3)7-6-13-8-12-5-4-9(10)11-12/h4-20,23H,21-22,24-25H2,1-3H3,(H,39,40);1-18H,19H2,(H2,33,34,35);2-17H,1H3;4-5H,6-8H2,1-3H3,(H2,10,11). The van der Waals surface area contributed by atoms with Crippen molar-refractivity contribution < 1.29 is 23.8 Å². The summed E-state index contributed by atoms with van der Waals surface area (Å²) in [5.74, 6) is 1.98. The zero-order valence-electron chi connectivity index (χ0n) is 74.0. The molecule has 10 aromatic heterocycles. The fraction of sp³-hybridized carbons (Fsp3) is 0.143. The van der Waals surface area contributed by atoms with Crippen molar-refractivity contribution in [3.63, 3.8) is 0 Å². The molecule has 24 nitrogen and oxygen atoms in total. The van der Waals surface area contributed by atoms with E-state index in [-0.39, 0.29) is 11.8 Å². The Balaban J connectivity index is 0.000000125. The minimum Gasteiger partial charge on any atom is -0.480 e. The number of ether oxygens (including phenoxy) is 3. The molecular formula is C105H96ClN19O5Si2. The first-order valence-corrected chi connectivity index (χ1v) is 51.5. The zero-order chi connectivity index (χ0) is 90.8. The second kappa shape index (κ2) is 38.8. The van der Waals surface area contributed by atoms with Crippen LogP contribution in [0.1, 0.15) is 32.1 Å². The van der Waals surface area contributed by atoms with Crippen LogP contribution in [0.15, 0.2) is 340 Å². The number of hydrogen-bond acceptors (Lipinski definition) is 18. The van der Waals surface area contributed by atoms with Gasteiger partial charge in [0.1, 0.15) is 41.5 Å². The first kappa shape index (κ1) is 87.2. The Hall–Kier alpha value is -15.5. The van der Waals surface area contributed by atoms with E-state index in [4.69, 9.17) is 56.9 Å². The van der Waals surface area contributed by atoms with E-state index in [2.05, 4.69) is 117 Å². The summed E-state index contributed by atoms with van der Waals surface area (Å²) in [7, 11) is -0.519. The van der Waals surface area contributed by atoms with Crippen LogP contribution in [-0.4, -0.2) is 127 Å². The maximum absolute atomic E-state index is 14.6. The molecule has 0 unspecified atom stereocenters. The number of nitrogens with one attached hydrogen (secondary N) is 3. The highest BCUT2D eigenvalue weighted by Gasteiger charge is 2.37. The molecule has 0 saturated heterocycles. The summed E-state index contributed by atoms with van der Waals surface area (Å²) in [5, 5.41) is 41.0. The molecule has 19 aromatic rings. The molecule has 0 spiro atoms. The number of rotatable bonds is 24. The van der Waals surface area contributed by atoms with E-state index in [1.807, 2.05) is 261 Å². The van der Waals surface area contributed by atoms with Crippen molar-refractivity contribution in [3.05, 3.63) is 367 Å². The van der Waals surface area contributed by atoms with Gasteiger partial charge in [-0.2, -0.15) is 44.5 Å². The van der Waals surface area contributed by atoms with Crippen molar-refractivity contribution in [1.82, 2.24) is 78.9 Å². The SMILES string of the molecule is COc1c(-c2ccc3ncccc3c2)c(Cl)nc2c(-c3ccccc3)c(-c3ccccc3)nn12.C[Si](C)(C)CCOCn1ccc(N)n1.C[Si](C)(C)CCOCn1ccc(NC2=C(c3ccc4ncccc4c3)C(=O)n3nc(-c4ccccc4)c(-c4ccccc4)c3C2)n1.O=C1C(c2ccc3ncccc3c2)=C(Nc2cc[nH]n2)Cc2c(-c3ccccc3)c(-c3ccccc3)nn21. The second-order valence-corrected chi connectivity index (χ2v) is 46.0. The molecule has 0 radical (unpaired) electrons. The van der Waals surface area contributed by atoms with E-state index >= 15 is 0 Å². The zero-order valence-corrected chi connectivity index (χ0v) is 76.8. The summed E-state index contributed by atoms with van der Waals surface area (Å²) < 4.78 is 25.7. The molecule has 5 N–H and O–H groups in total. The van der Waals surface area contributed by atoms with Gasteiger partial charge in [-0.1, -0.05) is 269 Å². The van der Waals surface area contributed by atoms with Gasteiger partial charge in [-0.3, -0.25) is 29.6 Å². The Morgan fingerprint density at radius 2 is 0.818 bits per heavy atom. The van der Waals surface area contributed by atoms with E-state index in [1.165, 1.54) is 6.04 Å². The molecule has 0 atom stereocenters. The molecule has 656 valence electrons. The van der Waals surface area contributed by atoms with Gasteiger partial charge in [0, 0.05) is 153 Å². The average Bonchev–Trinajstić information content (AvgIpc) is 1.59. The summed E-state index contributed by atoms with van der Waals surface area (Å²) in [4.78, 5) is 47.0. The largest absolute Gasteiger partial charge is 0.480 e. The number of carbonyl (C=O) groups excluding carboxylic acids is 2. The molecule has 9 aromatic carbocycles. The molecule has 2 aliphatic heterocycles. The summed E-state index contributed by atoms with van der Waals surface area (Å²) >= 11 is 6.84. The van der Waals surface area contributed by atoms with Gasteiger partial charge in [0.15, 0.2) is 17.3 Å². The topological polar surface area (TPSA) is 281 Å². The Bertz CT molecular complexity index is 7420. The van der Waals surface area contributed by atoms with E-state index in [9.17, 15) is 9.59 Å². The number of allylic oxidation sites excluding steroid dienone is 4. The lowest BCUT2D eigenvalue weighted by Gasteiger charge is -2.22. The highest BCUT2D eigenvalue weighted by Crippen LogP contribution is 2.46. The predicted octanol–water partition coefficient (Wildman–Crippen LogP) is 22.9. The van der Waals surface area contributed by atoms with Crippen molar-refractivity contribution in [1.29, 1.82) is 0 Å². The molecule has 0 fully saturated rings. The summed E-state index contributed by atoms with van der Waals surface area (Å²) in [6, 6.07) is 97.9. The molecule has 21 rings (SSSR count). The first-order chi connectivity index (χ1) is 64.3. The van der Waals surface area contributed by atoms with Crippen LogP contribution >= 0.6 is 11.6 Å². The number of hydrogen-bond donors (Lipinski definition) is 4. The number of benzene rings is 9. The van der Waals surface area contributed by atoms with Gasteiger partial charge < -0.3 is 30.6 Å². The third kappa shape index (κ3) is 19.4. The van der Waals surface area contributed by atoms with Gasteiger partial charge in [-0.25, -0.2) is 14.3 Å². The Morgan fingerprint density at radius 3 is 1.23 bits per heavy atom. The van der Waals surface area contributed by atoms with E-state index < -0.39 is 16.1 Å². The van der Waals surface area contributed by atoms with Crippen LogP contribution in [-0.2, 0) is 35.8 Å². The number of nitrogen functional groups attached to an aromatic ring is 1. The third-order valence-electron chi connectivity index (χ3n) is 22.7. The van der Waals surface area contributed by atoms with Crippen LogP contribution in [0.2, 0.25) is 56.5 Å². The number of carbonyl (C=O) groups is 2. The highest BCUT2D eigenvalue weighted by atomic mass is 35.5. The molecular weight excluding hydrogens is 1700 g/mol. The minimum atomic E-state index is -1.18. The molecule has 132 heavy (non-hydrogen) atoms. The van der Waals surface area contributed by atoms with Gasteiger partial charge >= 0.3 is 0 Å². The Kier molecular flexibility index (Phi) is 25.7. The molecule has 0 amide bonds. The lowest BCUT2D eigenvalue weighted by molar-refractivity contribution is 0.0787. The Morgan fingerprint density at radius 1 is 0.417 bits per heavy atom. The number of aromatic amines is 1. The normalized spacial score (nSPS) is 12.6. The predicted molar refractivity (Wildman–Crippen MR) is 531 cm³/mol. The van der Waals surface area contributed by atoms with E-state index in [1.54, 1.807) is 61.2 Å². The molecule has 2 aliphatic rings. The Labute approximate surface area is 770 Å². The van der Waals surface area contributed by atoms with Crippen LogP contribution in [0.4, 0.5) is 17.5 Å². The number of pyridine rings is 3. The van der Waals surface area contributed by atoms with E-state index in [0.29, 0.717) is 77.1 Å². The van der Waals surface area contributed by atoms with Crippen LogP contribution in [0.3, 0.4) is 0 Å². The maximum atomic E-state index is 14.6. The monoisotopic (exact) mass is 1790 g/mol. The van der Waals surface area contributed by atoms with Gasteiger partial charge in [-0.15, -0.1) is 0 Å². The highest BCUT2D eigenvalue weighted by molar-refractivity contribution is 6.76. The van der Waals surface area contributed by atoms with Crippen molar-refractivity contribution in [2.45, 2.75) is 77.7 Å². The number of aromatic nitrogens is 16. The first-order valence-electron chi connectivity index (χ1n) is 43.7. The lowest BCUT2D eigenvalue weighted by Crippen LogP contribution is -2.26. The van der Waals surface area contributed by atoms with Crippen molar-refractivity contribution >= 4 is 107 Å². The van der Waals surface area contributed by atoms with Crippen molar-refractivity contribution in [2.75, 3.05) is 36.7 Å². The maximum Gasteiger partial charge on any atom is 0.280 e. The fourth-order valence-electron chi connectivity index (χ4n) is 16.2. The van der Waals surface area contributed by atoms with Crippen molar-refractivity contribution in [3.8, 4) is 84.2 Å². The quantitative estimate of drug-likeness (QED) is 0.0248. The number of anilines is 3. The van der Waals surface area contributed by atoms with Crippen LogP contribution in [0, 0.1) is 0 Å². The third-order valence-corrected chi connectivity index (χ3v) is 26.4. The van der Waals surface area contributed by atoms with E-state index in [0.717, 1.165) is 159 Å². The van der Waals surface area contributed by atoms with Crippen LogP contribution in [0.5, 0.6) is 5.88 Å². The number of nitrogens with two attached hydrogens (primary N) is 1. The fourth-order valence-corrected chi connectivity index (χ4v) is 18.0.